The molecule has 9 nitrogen and oxygen atoms in total. The summed E-state index contributed by atoms with van der Waals surface area (Å²) in [7, 11) is -3.90. The van der Waals surface area contributed by atoms with Gasteiger partial charge in [0.25, 0.3) is 5.91 Å². The van der Waals surface area contributed by atoms with Crippen LogP contribution in [-0.4, -0.2) is 26.9 Å². The molecule has 2 aromatic carbocycles. The van der Waals surface area contributed by atoms with Crippen molar-refractivity contribution < 1.29 is 27.2 Å². The number of carbonyl (C=O) groups excluding carboxylic acids is 2. The number of carbonyl (C=O) groups is 2. The molecule has 0 saturated carbocycles. The number of furan rings is 1. The monoisotopic (exact) mass is 429 g/mol. The first kappa shape index (κ1) is 21.1. The Labute approximate surface area is 172 Å². The summed E-state index contributed by atoms with van der Waals surface area (Å²) in [6.45, 7) is -0.177. The molecule has 156 valence electrons. The molecule has 0 radical (unpaired) electrons. The van der Waals surface area contributed by atoms with Crippen LogP contribution in [0.25, 0.3) is 0 Å². The lowest BCUT2D eigenvalue weighted by atomic mass is 10.2. The highest BCUT2D eigenvalue weighted by atomic mass is 32.2. The van der Waals surface area contributed by atoms with Gasteiger partial charge in [0.1, 0.15) is 5.76 Å². The largest absolute Gasteiger partial charge is 0.467 e. The third kappa shape index (κ3) is 5.69. The molecule has 3 rings (SSSR count). The fraction of sp³-hybridized carbons (Fsp3) is 0.100. The van der Waals surface area contributed by atoms with Gasteiger partial charge >= 0.3 is 5.97 Å². The summed E-state index contributed by atoms with van der Waals surface area (Å²) in [5.74, 6) is -0.624. The van der Waals surface area contributed by atoms with E-state index in [0.29, 0.717) is 18.0 Å². The first-order valence-corrected chi connectivity index (χ1v) is 10.3. The van der Waals surface area contributed by atoms with Crippen LogP contribution < -0.4 is 15.8 Å². The van der Waals surface area contributed by atoms with Crippen molar-refractivity contribution in [3.05, 3.63) is 78.3 Å². The summed E-state index contributed by atoms with van der Waals surface area (Å²) in [5, 5.41) is 10.6. The van der Waals surface area contributed by atoms with E-state index in [9.17, 15) is 18.0 Å². The molecule has 0 spiro atoms. The maximum atomic E-state index is 12.4. The van der Waals surface area contributed by atoms with Gasteiger partial charge in [0.15, 0.2) is 6.61 Å². The van der Waals surface area contributed by atoms with E-state index in [1.165, 1.54) is 24.3 Å². The fourth-order valence-corrected chi connectivity index (χ4v) is 3.13. The van der Waals surface area contributed by atoms with Crippen molar-refractivity contribution >= 4 is 33.3 Å². The van der Waals surface area contributed by atoms with Crippen molar-refractivity contribution in [2.45, 2.75) is 11.4 Å². The van der Waals surface area contributed by atoms with Gasteiger partial charge in [0, 0.05) is 11.4 Å². The zero-order valence-electron chi connectivity index (χ0n) is 15.7. The predicted octanol–water partition coefficient (Wildman–Crippen LogP) is 2.33. The van der Waals surface area contributed by atoms with E-state index in [1.54, 1.807) is 42.7 Å². The van der Waals surface area contributed by atoms with E-state index in [0.717, 1.165) is 0 Å². The van der Waals surface area contributed by atoms with Crippen LogP contribution in [0.15, 0.2) is 76.2 Å². The number of amides is 1. The number of ether oxygens (including phenoxy) is 1. The number of esters is 1. The summed E-state index contributed by atoms with van der Waals surface area (Å²) >= 11 is 0. The Hall–Kier alpha value is -3.63. The number of primary sulfonamides is 1. The van der Waals surface area contributed by atoms with Crippen LogP contribution in [0.5, 0.6) is 0 Å². The van der Waals surface area contributed by atoms with Gasteiger partial charge in [0.2, 0.25) is 10.0 Å². The van der Waals surface area contributed by atoms with Gasteiger partial charge in [-0.3, -0.25) is 4.79 Å². The normalized spacial score (nSPS) is 11.0. The molecule has 0 aliphatic rings. The maximum Gasteiger partial charge on any atom is 0.340 e. The smallest absolute Gasteiger partial charge is 0.340 e. The lowest BCUT2D eigenvalue weighted by molar-refractivity contribution is -0.119. The Bertz CT molecular complexity index is 1140. The minimum atomic E-state index is -3.90. The van der Waals surface area contributed by atoms with Crippen LogP contribution in [0.1, 0.15) is 16.1 Å². The second-order valence-electron chi connectivity index (χ2n) is 6.18. The quantitative estimate of drug-likeness (QED) is 0.467. The highest BCUT2D eigenvalue weighted by Gasteiger charge is 2.15. The molecule has 0 aliphatic heterocycles. The molecule has 0 fully saturated rings. The number of nitrogens with one attached hydrogen (secondary N) is 2. The molecular weight excluding hydrogens is 410 g/mol. The van der Waals surface area contributed by atoms with Crippen LogP contribution >= 0.6 is 0 Å². The van der Waals surface area contributed by atoms with Crippen LogP contribution in [0.3, 0.4) is 0 Å². The van der Waals surface area contributed by atoms with E-state index >= 15 is 0 Å². The summed E-state index contributed by atoms with van der Waals surface area (Å²) < 4.78 is 33.1. The van der Waals surface area contributed by atoms with E-state index in [4.69, 9.17) is 14.3 Å². The van der Waals surface area contributed by atoms with Crippen LogP contribution in [0.4, 0.5) is 11.4 Å². The van der Waals surface area contributed by atoms with Gasteiger partial charge in [-0.15, -0.1) is 0 Å². The van der Waals surface area contributed by atoms with Crippen molar-refractivity contribution in [3.8, 4) is 0 Å². The summed E-state index contributed by atoms with van der Waals surface area (Å²) in [6.07, 6.45) is 1.55. The zero-order valence-corrected chi connectivity index (χ0v) is 16.5. The summed E-state index contributed by atoms with van der Waals surface area (Å²) in [6, 6.07) is 15.7. The Balaban J connectivity index is 1.58. The van der Waals surface area contributed by atoms with Crippen LogP contribution in [-0.2, 0) is 26.1 Å². The minimum Gasteiger partial charge on any atom is -0.467 e. The highest BCUT2D eigenvalue weighted by molar-refractivity contribution is 7.89. The predicted molar refractivity (Wildman–Crippen MR) is 109 cm³/mol. The average molecular weight is 429 g/mol. The highest BCUT2D eigenvalue weighted by Crippen LogP contribution is 2.18. The summed E-state index contributed by atoms with van der Waals surface area (Å²) in [4.78, 5) is 24.3. The van der Waals surface area contributed by atoms with E-state index in [-0.39, 0.29) is 16.1 Å². The Kier molecular flexibility index (Phi) is 6.50. The van der Waals surface area contributed by atoms with Crippen molar-refractivity contribution in [1.29, 1.82) is 0 Å². The Morgan fingerprint density at radius 1 is 1.03 bits per heavy atom. The van der Waals surface area contributed by atoms with Gasteiger partial charge in [-0.05, 0) is 42.5 Å². The lowest BCUT2D eigenvalue weighted by Crippen LogP contribution is -2.21. The van der Waals surface area contributed by atoms with Crippen molar-refractivity contribution in [2.75, 3.05) is 17.2 Å². The first-order chi connectivity index (χ1) is 14.3. The molecular formula is C20H19N3O6S. The van der Waals surface area contributed by atoms with Crippen molar-refractivity contribution in [2.24, 2.45) is 5.14 Å². The molecule has 1 aromatic heterocycles. The van der Waals surface area contributed by atoms with Crippen LogP contribution in [0, 0.1) is 0 Å². The lowest BCUT2D eigenvalue weighted by Gasteiger charge is -2.11. The molecule has 30 heavy (non-hydrogen) atoms. The average Bonchev–Trinajstić information content (AvgIpc) is 3.24. The third-order valence-electron chi connectivity index (χ3n) is 3.96. The maximum absolute atomic E-state index is 12.4. The second kappa shape index (κ2) is 9.25. The molecule has 0 atom stereocenters. The third-order valence-corrected chi connectivity index (χ3v) is 4.87. The number of anilines is 2. The zero-order chi connectivity index (χ0) is 21.6. The van der Waals surface area contributed by atoms with Crippen molar-refractivity contribution in [1.82, 2.24) is 0 Å². The molecule has 0 bridgehead atoms. The molecule has 1 amide bonds. The fourth-order valence-electron chi connectivity index (χ4n) is 2.57. The van der Waals surface area contributed by atoms with Gasteiger partial charge in [-0.1, -0.05) is 18.2 Å². The molecule has 0 unspecified atom stereocenters. The topological polar surface area (TPSA) is 141 Å². The van der Waals surface area contributed by atoms with Gasteiger partial charge in [-0.2, -0.15) is 0 Å². The second-order valence-corrected chi connectivity index (χ2v) is 7.74. The number of benzene rings is 2. The number of sulfonamides is 1. The molecule has 3 aromatic rings. The van der Waals surface area contributed by atoms with Gasteiger partial charge in [-0.25, -0.2) is 18.4 Å². The number of rotatable bonds is 8. The molecule has 1 heterocycles. The standard InChI is InChI=1S/C20H19N3O6S/c21-30(26,27)16-7-3-5-14(11-16)23-19(24)13-29-20(25)17-8-1-2-9-18(17)22-12-15-6-4-10-28-15/h1-11,22H,12-13H2,(H,23,24)(H2,21,26,27). The molecule has 4 N–H and O–H groups in total. The van der Waals surface area contributed by atoms with Crippen molar-refractivity contribution in [3.63, 3.8) is 0 Å². The van der Waals surface area contributed by atoms with Gasteiger partial charge < -0.3 is 19.8 Å². The molecule has 0 saturated heterocycles. The van der Waals surface area contributed by atoms with Gasteiger partial charge in [0.05, 0.1) is 23.3 Å². The summed E-state index contributed by atoms with van der Waals surface area (Å²) in [5.41, 5.74) is 0.997. The SMILES string of the molecule is NS(=O)(=O)c1cccc(NC(=O)COC(=O)c2ccccc2NCc2ccco2)c1. The number of nitrogens with two attached hydrogens (primary N) is 1. The Morgan fingerprint density at radius 3 is 2.57 bits per heavy atom. The minimum absolute atomic E-state index is 0.145. The number of hydrogen-bond donors (Lipinski definition) is 3. The van der Waals surface area contributed by atoms with E-state index in [1.807, 2.05) is 0 Å². The Morgan fingerprint density at radius 2 is 1.83 bits per heavy atom. The van der Waals surface area contributed by atoms with E-state index in [2.05, 4.69) is 10.6 Å². The molecule has 10 heteroatoms. The number of hydrogen-bond acceptors (Lipinski definition) is 7. The molecule has 0 aliphatic carbocycles. The first-order valence-electron chi connectivity index (χ1n) is 8.78. The number of para-hydroxylation sites is 1. The van der Waals surface area contributed by atoms with Crippen LogP contribution in [0.2, 0.25) is 0 Å². The van der Waals surface area contributed by atoms with E-state index < -0.39 is 28.5 Å².